The monoisotopic (exact) mass is 482 g/mol. The number of hydrogen-bond acceptors (Lipinski definition) is 3. The van der Waals surface area contributed by atoms with Crippen LogP contribution in [0.15, 0.2) is 4.99 Å². The summed E-state index contributed by atoms with van der Waals surface area (Å²) in [4.78, 5) is 16.3. The Kier molecular flexibility index (Phi) is 16.2. The minimum atomic E-state index is 0. The maximum absolute atomic E-state index is 11.8. The van der Waals surface area contributed by atoms with Crippen molar-refractivity contribution >= 4 is 35.8 Å². The van der Waals surface area contributed by atoms with Crippen molar-refractivity contribution in [3.63, 3.8) is 0 Å². The molecule has 0 spiro atoms. The molecule has 0 heterocycles. The number of rotatable bonds is 11. The molecule has 0 radical (unpaired) electrons. The van der Waals surface area contributed by atoms with Gasteiger partial charge in [-0.05, 0) is 39.5 Å². The molecule has 1 aliphatic carbocycles. The van der Waals surface area contributed by atoms with Crippen LogP contribution in [0.1, 0.15) is 72.1 Å². The average molecular weight is 482 g/mol. The van der Waals surface area contributed by atoms with Gasteiger partial charge in [-0.2, -0.15) is 0 Å². The number of nitrogens with one attached hydrogen (secondary N) is 3. The van der Waals surface area contributed by atoms with Gasteiger partial charge in [0.2, 0.25) is 5.91 Å². The Morgan fingerprint density at radius 2 is 1.92 bits per heavy atom. The second-order valence-electron chi connectivity index (χ2n) is 6.80. The van der Waals surface area contributed by atoms with Gasteiger partial charge in [0, 0.05) is 38.7 Å². The molecule has 0 saturated heterocycles. The smallest absolute Gasteiger partial charge is 0.221 e. The lowest BCUT2D eigenvalue weighted by atomic mass is 9.98. The number of hydrogen-bond donors (Lipinski definition) is 3. The molecule has 0 bridgehead atoms. The summed E-state index contributed by atoms with van der Waals surface area (Å²) < 4.78 is 5.92. The molecule has 1 rings (SSSR count). The zero-order valence-corrected chi connectivity index (χ0v) is 19.1. The van der Waals surface area contributed by atoms with Gasteiger partial charge in [-0.25, -0.2) is 0 Å². The molecule has 0 aromatic heterocycles. The predicted molar refractivity (Wildman–Crippen MR) is 119 cm³/mol. The maximum Gasteiger partial charge on any atom is 0.221 e. The third kappa shape index (κ3) is 12.7. The summed E-state index contributed by atoms with van der Waals surface area (Å²) in [6.07, 6.45) is 9.21. The fourth-order valence-electron chi connectivity index (χ4n) is 2.82. The molecular formula is C19H39IN4O2. The topological polar surface area (TPSA) is 74.8 Å². The van der Waals surface area contributed by atoms with E-state index in [1.54, 1.807) is 0 Å². The summed E-state index contributed by atoms with van der Waals surface area (Å²) in [5, 5.41) is 9.41. The van der Waals surface area contributed by atoms with Crippen molar-refractivity contribution in [2.45, 2.75) is 84.3 Å². The lowest BCUT2D eigenvalue weighted by Crippen LogP contribution is -2.40. The van der Waals surface area contributed by atoms with Crippen LogP contribution < -0.4 is 16.0 Å². The quantitative estimate of drug-likeness (QED) is 0.183. The van der Waals surface area contributed by atoms with Gasteiger partial charge in [-0.15, -0.1) is 24.0 Å². The Morgan fingerprint density at radius 1 is 1.19 bits per heavy atom. The van der Waals surface area contributed by atoms with E-state index in [9.17, 15) is 4.79 Å². The van der Waals surface area contributed by atoms with Crippen molar-refractivity contribution in [3.05, 3.63) is 0 Å². The highest BCUT2D eigenvalue weighted by atomic mass is 127. The van der Waals surface area contributed by atoms with E-state index >= 15 is 0 Å². The Labute approximate surface area is 176 Å². The molecule has 0 aromatic carbocycles. The normalized spacial score (nSPS) is 16.5. The molecule has 0 aliphatic heterocycles. The lowest BCUT2D eigenvalue weighted by Gasteiger charge is -2.21. The van der Waals surface area contributed by atoms with E-state index in [0.717, 1.165) is 38.5 Å². The highest BCUT2D eigenvalue weighted by Gasteiger charge is 2.12. The van der Waals surface area contributed by atoms with Crippen LogP contribution in [-0.2, 0) is 9.53 Å². The molecule has 1 atom stereocenters. The molecule has 3 N–H and O–H groups in total. The van der Waals surface area contributed by atoms with Gasteiger partial charge in [-0.1, -0.05) is 26.2 Å². The van der Waals surface area contributed by atoms with Gasteiger partial charge in [0.15, 0.2) is 5.96 Å². The van der Waals surface area contributed by atoms with Crippen LogP contribution in [-0.4, -0.2) is 50.3 Å². The molecule has 26 heavy (non-hydrogen) atoms. The number of halogens is 1. The number of nitrogens with zero attached hydrogens (tertiary/aromatic N) is 1. The van der Waals surface area contributed by atoms with Crippen LogP contribution in [0.25, 0.3) is 0 Å². The van der Waals surface area contributed by atoms with E-state index in [2.05, 4.69) is 27.9 Å². The third-order valence-electron chi connectivity index (χ3n) is 4.49. The second-order valence-corrected chi connectivity index (χ2v) is 6.80. The minimum absolute atomic E-state index is 0. The van der Waals surface area contributed by atoms with E-state index in [0.29, 0.717) is 19.1 Å². The van der Waals surface area contributed by atoms with Crippen molar-refractivity contribution in [1.82, 2.24) is 16.0 Å². The molecule has 6 nitrogen and oxygen atoms in total. The van der Waals surface area contributed by atoms with Crippen LogP contribution in [0.2, 0.25) is 0 Å². The van der Waals surface area contributed by atoms with Crippen molar-refractivity contribution in [2.24, 2.45) is 4.99 Å². The first-order chi connectivity index (χ1) is 12.2. The Balaban J connectivity index is 0.00000625. The number of ether oxygens (including phenoxy) is 1. The van der Waals surface area contributed by atoms with E-state index in [1.807, 2.05) is 13.8 Å². The van der Waals surface area contributed by atoms with Gasteiger partial charge >= 0.3 is 0 Å². The standard InChI is InChI=1S/C19H38N4O2.HI/c1-4-16(3)23-18(24)12-14-22-19(20-5-2)21-13-9-15-25-17-10-7-6-8-11-17;/h16-17H,4-15H2,1-3H3,(H,23,24)(H2,20,21,22);1H. The van der Waals surface area contributed by atoms with E-state index in [-0.39, 0.29) is 35.9 Å². The van der Waals surface area contributed by atoms with Crippen molar-refractivity contribution in [3.8, 4) is 0 Å². The predicted octanol–water partition coefficient (Wildman–Crippen LogP) is 3.20. The summed E-state index contributed by atoms with van der Waals surface area (Å²) in [6.45, 7) is 9.05. The number of carbonyl (C=O) groups excluding carboxylic acids is 1. The van der Waals surface area contributed by atoms with Crippen molar-refractivity contribution in [2.75, 3.05) is 26.2 Å². The molecule has 1 amide bonds. The van der Waals surface area contributed by atoms with Gasteiger partial charge in [0.1, 0.15) is 0 Å². The first-order valence-electron chi connectivity index (χ1n) is 10.1. The lowest BCUT2D eigenvalue weighted by molar-refractivity contribution is -0.121. The van der Waals surface area contributed by atoms with Crippen molar-refractivity contribution < 1.29 is 9.53 Å². The summed E-state index contributed by atoms with van der Waals surface area (Å²) >= 11 is 0. The fraction of sp³-hybridized carbons (Fsp3) is 0.895. The van der Waals surface area contributed by atoms with Crippen LogP contribution in [0, 0.1) is 0 Å². The Hall–Kier alpha value is -0.570. The van der Waals surface area contributed by atoms with Gasteiger partial charge in [0.05, 0.1) is 6.10 Å². The van der Waals surface area contributed by atoms with Crippen LogP contribution in [0.3, 0.4) is 0 Å². The second kappa shape index (κ2) is 16.6. The molecule has 1 aliphatic rings. The highest BCUT2D eigenvalue weighted by Crippen LogP contribution is 2.20. The Bertz CT molecular complexity index is 388. The number of carbonyl (C=O) groups is 1. The molecule has 0 aromatic rings. The zero-order valence-electron chi connectivity index (χ0n) is 16.8. The SMILES string of the molecule is CCNC(=NCCCOC1CCCCC1)NCCC(=O)NC(C)CC.I. The van der Waals surface area contributed by atoms with E-state index < -0.39 is 0 Å². The van der Waals surface area contributed by atoms with Gasteiger partial charge < -0.3 is 20.7 Å². The third-order valence-corrected chi connectivity index (χ3v) is 4.49. The first kappa shape index (κ1) is 25.4. The summed E-state index contributed by atoms with van der Waals surface area (Å²) in [6, 6.07) is 0.235. The first-order valence-corrected chi connectivity index (χ1v) is 10.1. The molecule has 1 fully saturated rings. The van der Waals surface area contributed by atoms with Crippen LogP contribution in [0.4, 0.5) is 0 Å². The summed E-state index contributed by atoms with van der Waals surface area (Å²) in [5.74, 6) is 0.857. The average Bonchev–Trinajstić information content (AvgIpc) is 2.62. The maximum atomic E-state index is 11.8. The summed E-state index contributed by atoms with van der Waals surface area (Å²) in [7, 11) is 0. The highest BCUT2D eigenvalue weighted by molar-refractivity contribution is 14.0. The largest absolute Gasteiger partial charge is 0.378 e. The van der Waals surface area contributed by atoms with Crippen LogP contribution >= 0.6 is 24.0 Å². The molecule has 7 heteroatoms. The van der Waals surface area contributed by atoms with Crippen LogP contribution in [0.5, 0.6) is 0 Å². The Morgan fingerprint density at radius 3 is 2.58 bits per heavy atom. The number of guanidine groups is 1. The van der Waals surface area contributed by atoms with Gasteiger partial charge in [0.25, 0.3) is 0 Å². The molecular weight excluding hydrogens is 443 g/mol. The number of aliphatic imine (C=N–C) groups is 1. The fourth-order valence-corrected chi connectivity index (χ4v) is 2.82. The van der Waals surface area contributed by atoms with E-state index in [4.69, 9.17) is 4.74 Å². The minimum Gasteiger partial charge on any atom is -0.378 e. The molecule has 154 valence electrons. The number of amides is 1. The summed E-state index contributed by atoms with van der Waals surface area (Å²) in [5.41, 5.74) is 0. The van der Waals surface area contributed by atoms with Crippen molar-refractivity contribution in [1.29, 1.82) is 0 Å². The molecule has 1 saturated carbocycles. The van der Waals surface area contributed by atoms with E-state index in [1.165, 1.54) is 32.1 Å². The molecule has 1 unspecified atom stereocenters. The zero-order chi connectivity index (χ0) is 18.3. The van der Waals surface area contributed by atoms with Gasteiger partial charge in [-0.3, -0.25) is 9.79 Å².